The zero-order valence-corrected chi connectivity index (χ0v) is 16.3. The van der Waals surface area contributed by atoms with Gasteiger partial charge >= 0.3 is 0 Å². The van der Waals surface area contributed by atoms with Gasteiger partial charge in [0.2, 0.25) is 5.91 Å². The van der Waals surface area contributed by atoms with E-state index in [9.17, 15) is 9.18 Å². The molecule has 0 bridgehead atoms. The number of thiazole rings is 1. The van der Waals surface area contributed by atoms with E-state index in [1.807, 2.05) is 0 Å². The fourth-order valence-electron chi connectivity index (χ4n) is 3.86. The molecule has 28 heavy (non-hydrogen) atoms. The quantitative estimate of drug-likeness (QED) is 0.702. The van der Waals surface area contributed by atoms with E-state index in [0.717, 1.165) is 46.3 Å². The fourth-order valence-corrected chi connectivity index (χ4v) is 4.89. The monoisotopic (exact) mass is 395 g/mol. The highest BCUT2D eigenvalue weighted by Crippen LogP contribution is 2.39. The van der Waals surface area contributed by atoms with Crippen LogP contribution in [0.2, 0.25) is 0 Å². The molecule has 1 saturated carbocycles. The van der Waals surface area contributed by atoms with Crippen LogP contribution in [0.5, 0.6) is 0 Å². The molecule has 0 radical (unpaired) electrons. The number of aromatic nitrogens is 1. The number of amides is 1. The Morgan fingerprint density at radius 2 is 2.00 bits per heavy atom. The van der Waals surface area contributed by atoms with E-state index in [-0.39, 0.29) is 17.8 Å². The summed E-state index contributed by atoms with van der Waals surface area (Å²) < 4.78 is 14.2. The van der Waals surface area contributed by atoms with Gasteiger partial charge in [0.25, 0.3) is 0 Å². The number of nitrogens with one attached hydrogen (secondary N) is 1. The van der Waals surface area contributed by atoms with Crippen molar-refractivity contribution in [1.82, 2.24) is 10.3 Å². The summed E-state index contributed by atoms with van der Waals surface area (Å²) in [5.41, 5.74) is 3.28. The first-order valence-corrected chi connectivity index (χ1v) is 10.6. The maximum Gasteiger partial charge on any atom is 0.224 e. The minimum Gasteiger partial charge on any atom is -0.351 e. The normalized spacial score (nSPS) is 19.3. The molecule has 1 amide bonds. The molecule has 1 aliphatic heterocycles. The minimum atomic E-state index is -0.237. The lowest BCUT2D eigenvalue weighted by molar-refractivity contribution is -0.121. The summed E-state index contributed by atoms with van der Waals surface area (Å²) in [7, 11) is 0. The number of rotatable bonds is 5. The maximum atomic E-state index is 13.4. The molecule has 6 heteroatoms. The van der Waals surface area contributed by atoms with Gasteiger partial charge in [-0.25, -0.2) is 9.37 Å². The van der Waals surface area contributed by atoms with Gasteiger partial charge in [0.05, 0.1) is 16.6 Å². The lowest BCUT2D eigenvalue weighted by atomic mass is 10.1. The first-order valence-electron chi connectivity index (χ1n) is 9.83. The molecule has 0 spiro atoms. The highest BCUT2D eigenvalue weighted by Gasteiger charge is 2.26. The molecule has 1 aliphatic carbocycles. The van der Waals surface area contributed by atoms with Crippen molar-refractivity contribution >= 4 is 32.6 Å². The number of halogens is 1. The highest BCUT2D eigenvalue weighted by molar-refractivity contribution is 7.22. The van der Waals surface area contributed by atoms with Crippen LogP contribution in [-0.4, -0.2) is 30.0 Å². The number of hydrogen-bond acceptors (Lipinski definition) is 4. The second-order valence-electron chi connectivity index (χ2n) is 7.80. The Morgan fingerprint density at radius 3 is 2.79 bits per heavy atom. The van der Waals surface area contributed by atoms with Crippen molar-refractivity contribution in [2.75, 3.05) is 18.0 Å². The molecule has 1 saturated heterocycles. The second-order valence-corrected chi connectivity index (χ2v) is 8.81. The molecule has 3 aromatic rings. The Kier molecular flexibility index (Phi) is 4.51. The number of carbonyl (C=O) groups is 1. The first kappa shape index (κ1) is 17.6. The largest absolute Gasteiger partial charge is 0.351 e. The van der Waals surface area contributed by atoms with E-state index >= 15 is 0 Å². The van der Waals surface area contributed by atoms with E-state index in [0.29, 0.717) is 6.42 Å². The molecule has 5 rings (SSSR count). The predicted molar refractivity (Wildman–Crippen MR) is 110 cm³/mol. The summed E-state index contributed by atoms with van der Waals surface area (Å²) in [5.74, 6) is 0.572. The van der Waals surface area contributed by atoms with E-state index in [4.69, 9.17) is 0 Å². The van der Waals surface area contributed by atoms with Crippen molar-refractivity contribution in [3.05, 3.63) is 59.4 Å². The fraction of sp³-hybridized carbons (Fsp3) is 0.364. The van der Waals surface area contributed by atoms with Crippen LogP contribution in [0.25, 0.3) is 10.2 Å². The molecule has 2 aromatic carbocycles. The summed E-state index contributed by atoms with van der Waals surface area (Å²) in [6.45, 7) is 1.60. The van der Waals surface area contributed by atoms with Gasteiger partial charge in [-0.15, -0.1) is 0 Å². The van der Waals surface area contributed by atoms with Crippen molar-refractivity contribution in [2.24, 2.45) is 0 Å². The van der Waals surface area contributed by atoms with Gasteiger partial charge in [0.1, 0.15) is 5.82 Å². The van der Waals surface area contributed by atoms with Crippen molar-refractivity contribution in [3.8, 4) is 0 Å². The van der Waals surface area contributed by atoms with Gasteiger partial charge in [0, 0.05) is 19.1 Å². The van der Waals surface area contributed by atoms with Crippen LogP contribution in [0, 0.1) is 5.82 Å². The average Bonchev–Trinajstić information content (AvgIpc) is 3.28. The molecule has 1 aromatic heterocycles. The summed E-state index contributed by atoms with van der Waals surface area (Å²) in [6.07, 6.45) is 3.90. The standard InChI is InChI=1S/C22H22FN3OS/c23-17-7-8-19-20(12-17)28-22(25-19)26-10-9-18(13-26)24-21(27)11-14-1-3-15(4-2-14)16-5-6-16/h1-4,7-8,12,16,18H,5-6,9-11,13H2,(H,24,27)/t18-/m1/s1. The Morgan fingerprint density at radius 1 is 1.18 bits per heavy atom. The van der Waals surface area contributed by atoms with Gasteiger partial charge in [-0.3, -0.25) is 4.79 Å². The topological polar surface area (TPSA) is 45.2 Å². The molecule has 1 N–H and O–H groups in total. The van der Waals surface area contributed by atoms with Crippen molar-refractivity contribution in [1.29, 1.82) is 0 Å². The number of benzene rings is 2. The van der Waals surface area contributed by atoms with Crippen LogP contribution in [0.3, 0.4) is 0 Å². The molecular weight excluding hydrogens is 373 g/mol. The predicted octanol–water partition coefficient (Wildman–Crippen LogP) is 4.25. The molecule has 1 atom stereocenters. The van der Waals surface area contributed by atoms with Crippen molar-refractivity contribution < 1.29 is 9.18 Å². The first-order chi connectivity index (χ1) is 13.6. The smallest absolute Gasteiger partial charge is 0.224 e. The molecule has 144 valence electrons. The van der Waals surface area contributed by atoms with E-state index < -0.39 is 0 Å². The Labute approximate surface area is 167 Å². The number of hydrogen-bond donors (Lipinski definition) is 1. The average molecular weight is 396 g/mol. The summed E-state index contributed by atoms with van der Waals surface area (Å²) in [5, 5.41) is 4.05. The van der Waals surface area contributed by atoms with Crippen LogP contribution >= 0.6 is 11.3 Å². The summed E-state index contributed by atoms with van der Waals surface area (Å²) in [6, 6.07) is 13.3. The molecule has 2 aliphatic rings. The minimum absolute atomic E-state index is 0.0670. The van der Waals surface area contributed by atoms with Crippen LogP contribution in [0.1, 0.15) is 36.3 Å². The van der Waals surface area contributed by atoms with E-state index in [1.54, 1.807) is 6.07 Å². The third-order valence-electron chi connectivity index (χ3n) is 5.56. The van der Waals surface area contributed by atoms with Crippen molar-refractivity contribution in [2.45, 2.75) is 37.6 Å². The second kappa shape index (κ2) is 7.17. The Balaban J connectivity index is 1.17. The van der Waals surface area contributed by atoms with Crippen LogP contribution in [-0.2, 0) is 11.2 Å². The highest BCUT2D eigenvalue weighted by atomic mass is 32.1. The summed E-state index contributed by atoms with van der Waals surface area (Å²) in [4.78, 5) is 19.2. The van der Waals surface area contributed by atoms with Gasteiger partial charge in [-0.2, -0.15) is 0 Å². The molecular formula is C22H22FN3OS. The molecule has 2 fully saturated rings. The maximum absolute atomic E-state index is 13.4. The van der Waals surface area contributed by atoms with Gasteiger partial charge in [0.15, 0.2) is 5.13 Å². The summed E-state index contributed by atoms with van der Waals surface area (Å²) >= 11 is 1.50. The van der Waals surface area contributed by atoms with Crippen LogP contribution in [0.15, 0.2) is 42.5 Å². The lowest BCUT2D eigenvalue weighted by Gasteiger charge is -2.16. The molecule has 4 nitrogen and oxygen atoms in total. The van der Waals surface area contributed by atoms with Crippen LogP contribution in [0.4, 0.5) is 9.52 Å². The third-order valence-corrected chi connectivity index (χ3v) is 6.64. The van der Waals surface area contributed by atoms with Gasteiger partial charge in [-0.1, -0.05) is 35.6 Å². The number of carbonyl (C=O) groups excluding carboxylic acids is 1. The zero-order chi connectivity index (χ0) is 19.1. The Bertz CT molecular complexity index is 1010. The van der Waals surface area contributed by atoms with Crippen molar-refractivity contribution in [3.63, 3.8) is 0 Å². The Hall–Kier alpha value is -2.47. The number of fused-ring (bicyclic) bond motifs is 1. The lowest BCUT2D eigenvalue weighted by Crippen LogP contribution is -2.37. The van der Waals surface area contributed by atoms with Gasteiger partial charge in [-0.05, 0) is 54.5 Å². The SMILES string of the molecule is O=C(Cc1ccc(C2CC2)cc1)N[C@@H]1CCN(c2nc3ccc(F)cc3s2)C1. The number of anilines is 1. The third kappa shape index (κ3) is 3.74. The van der Waals surface area contributed by atoms with E-state index in [2.05, 4.69) is 39.5 Å². The number of nitrogens with zero attached hydrogens (tertiary/aromatic N) is 2. The zero-order valence-electron chi connectivity index (χ0n) is 15.5. The van der Waals surface area contributed by atoms with Gasteiger partial charge < -0.3 is 10.2 Å². The van der Waals surface area contributed by atoms with Crippen LogP contribution < -0.4 is 10.2 Å². The van der Waals surface area contributed by atoms with E-state index in [1.165, 1.54) is 41.9 Å². The molecule has 0 unspecified atom stereocenters. The molecule has 2 heterocycles.